The molecule has 1 heterocycles. The third-order valence-electron chi connectivity index (χ3n) is 2.37. The molecule has 0 fully saturated rings. The molecular formula is C12H17NO3S. The Hall–Kier alpha value is -1.36. The Morgan fingerprint density at radius 3 is 2.41 bits per heavy atom. The largest absolute Gasteiger partial charge is 0.477 e. The Morgan fingerprint density at radius 2 is 1.94 bits per heavy atom. The van der Waals surface area contributed by atoms with Crippen LogP contribution in [0.3, 0.4) is 0 Å². The molecule has 0 bridgehead atoms. The molecule has 0 unspecified atom stereocenters. The topological polar surface area (TPSA) is 66.4 Å². The lowest BCUT2D eigenvalue weighted by atomic mass is 9.99. The average molecular weight is 255 g/mol. The second-order valence-corrected chi connectivity index (χ2v) is 5.64. The monoisotopic (exact) mass is 255 g/mol. The summed E-state index contributed by atoms with van der Waals surface area (Å²) < 4.78 is 0. The molecule has 0 radical (unpaired) electrons. The van der Waals surface area contributed by atoms with Gasteiger partial charge in [-0.1, -0.05) is 13.3 Å². The second-order valence-electron chi connectivity index (χ2n) is 4.56. The average Bonchev–Trinajstić information content (AvgIpc) is 2.64. The van der Waals surface area contributed by atoms with Crippen LogP contribution >= 0.6 is 11.3 Å². The molecule has 4 nitrogen and oxygen atoms in total. The summed E-state index contributed by atoms with van der Waals surface area (Å²) in [6.45, 7) is 5.97. The van der Waals surface area contributed by atoms with Gasteiger partial charge in [0.2, 0.25) is 0 Å². The summed E-state index contributed by atoms with van der Waals surface area (Å²) in [6, 6.07) is 3.00. The maximum atomic E-state index is 11.9. The minimum Gasteiger partial charge on any atom is -0.477 e. The Morgan fingerprint density at radius 1 is 1.35 bits per heavy atom. The first-order chi connectivity index (χ1) is 7.85. The summed E-state index contributed by atoms with van der Waals surface area (Å²) in [6.07, 6.45) is 1.87. The van der Waals surface area contributed by atoms with E-state index in [4.69, 9.17) is 5.11 Å². The molecule has 0 atom stereocenters. The first-order valence-corrected chi connectivity index (χ1v) is 6.33. The number of nitrogens with one attached hydrogen (secondary N) is 1. The molecule has 0 spiro atoms. The van der Waals surface area contributed by atoms with Crippen molar-refractivity contribution in [1.82, 2.24) is 5.32 Å². The van der Waals surface area contributed by atoms with Crippen molar-refractivity contribution in [2.45, 2.75) is 39.2 Å². The predicted molar refractivity (Wildman–Crippen MR) is 67.7 cm³/mol. The van der Waals surface area contributed by atoms with E-state index in [-0.39, 0.29) is 16.3 Å². The summed E-state index contributed by atoms with van der Waals surface area (Å²) in [5, 5.41) is 11.7. The standard InChI is InChI=1S/C12H17NO3S/c1-4-7-12(2,3)13-10(14)8-5-6-9(17-8)11(15)16/h5-6H,4,7H2,1-3H3,(H,13,14)(H,15,16). The lowest BCUT2D eigenvalue weighted by Gasteiger charge is -2.25. The molecule has 0 aliphatic carbocycles. The fourth-order valence-corrected chi connectivity index (χ4v) is 2.37. The zero-order chi connectivity index (χ0) is 13.1. The SMILES string of the molecule is CCCC(C)(C)NC(=O)c1ccc(C(=O)O)s1. The van der Waals surface area contributed by atoms with Gasteiger partial charge in [0.05, 0.1) is 4.88 Å². The van der Waals surface area contributed by atoms with Crippen LogP contribution in [-0.4, -0.2) is 22.5 Å². The first kappa shape index (κ1) is 13.7. The number of carboxylic acid groups (broad SMARTS) is 1. The molecule has 1 amide bonds. The van der Waals surface area contributed by atoms with Crippen LogP contribution < -0.4 is 5.32 Å². The van der Waals surface area contributed by atoms with Crippen molar-refractivity contribution in [2.75, 3.05) is 0 Å². The molecular weight excluding hydrogens is 238 g/mol. The van der Waals surface area contributed by atoms with Crippen LogP contribution in [0.25, 0.3) is 0 Å². The van der Waals surface area contributed by atoms with Gasteiger partial charge < -0.3 is 10.4 Å². The summed E-state index contributed by atoms with van der Waals surface area (Å²) in [5.74, 6) is -1.21. The predicted octanol–water partition coefficient (Wildman–Crippen LogP) is 2.75. The summed E-state index contributed by atoms with van der Waals surface area (Å²) in [7, 11) is 0. The number of hydrogen-bond acceptors (Lipinski definition) is 3. The number of aromatic carboxylic acids is 1. The number of hydrogen-bond donors (Lipinski definition) is 2. The normalized spacial score (nSPS) is 11.2. The number of amides is 1. The van der Waals surface area contributed by atoms with Crippen molar-refractivity contribution in [1.29, 1.82) is 0 Å². The lowest BCUT2D eigenvalue weighted by Crippen LogP contribution is -2.42. The van der Waals surface area contributed by atoms with Gasteiger partial charge in [-0.05, 0) is 32.4 Å². The molecule has 94 valence electrons. The molecule has 17 heavy (non-hydrogen) atoms. The van der Waals surface area contributed by atoms with E-state index in [0.29, 0.717) is 4.88 Å². The van der Waals surface area contributed by atoms with Gasteiger partial charge in [-0.25, -0.2) is 4.79 Å². The third-order valence-corrected chi connectivity index (χ3v) is 3.44. The molecule has 0 aromatic carbocycles. The molecule has 1 rings (SSSR count). The molecule has 0 saturated carbocycles. The van der Waals surface area contributed by atoms with Gasteiger partial charge in [-0.2, -0.15) is 0 Å². The van der Waals surface area contributed by atoms with Gasteiger partial charge in [0, 0.05) is 5.54 Å². The zero-order valence-corrected chi connectivity index (χ0v) is 11.1. The molecule has 5 heteroatoms. The van der Waals surface area contributed by atoms with Gasteiger partial charge in [-0.3, -0.25) is 4.79 Å². The van der Waals surface area contributed by atoms with Crippen LogP contribution in [0.5, 0.6) is 0 Å². The van der Waals surface area contributed by atoms with Crippen LogP contribution in [0, 0.1) is 0 Å². The minimum atomic E-state index is -0.998. The minimum absolute atomic E-state index is 0.184. The van der Waals surface area contributed by atoms with E-state index < -0.39 is 5.97 Å². The molecule has 0 aliphatic rings. The smallest absolute Gasteiger partial charge is 0.345 e. The Bertz CT molecular complexity index is 423. The van der Waals surface area contributed by atoms with Crippen LogP contribution in [-0.2, 0) is 0 Å². The summed E-state index contributed by atoms with van der Waals surface area (Å²) in [5.41, 5.74) is -0.265. The van der Waals surface area contributed by atoms with Crippen molar-refractivity contribution < 1.29 is 14.7 Å². The van der Waals surface area contributed by atoms with E-state index in [1.165, 1.54) is 6.07 Å². The van der Waals surface area contributed by atoms with E-state index in [2.05, 4.69) is 12.2 Å². The molecule has 1 aromatic rings. The molecule has 2 N–H and O–H groups in total. The van der Waals surface area contributed by atoms with Crippen molar-refractivity contribution in [3.63, 3.8) is 0 Å². The highest BCUT2D eigenvalue weighted by molar-refractivity contribution is 7.15. The molecule has 0 aliphatic heterocycles. The quantitative estimate of drug-likeness (QED) is 0.850. The van der Waals surface area contributed by atoms with Crippen molar-refractivity contribution in [3.8, 4) is 0 Å². The van der Waals surface area contributed by atoms with Gasteiger partial charge in [0.25, 0.3) is 5.91 Å². The fourth-order valence-electron chi connectivity index (χ4n) is 1.63. The van der Waals surface area contributed by atoms with Gasteiger partial charge in [0.15, 0.2) is 0 Å². The Labute approximate surface area is 105 Å². The first-order valence-electron chi connectivity index (χ1n) is 5.51. The zero-order valence-electron chi connectivity index (χ0n) is 10.2. The van der Waals surface area contributed by atoms with Crippen LogP contribution in [0.4, 0.5) is 0 Å². The maximum Gasteiger partial charge on any atom is 0.345 e. The van der Waals surface area contributed by atoms with Gasteiger partial charge >= 0.3 is 5.97 Å². The summed E-state index contributed by atoms with van der Waals surface area (Å²) >= 11 is 0.996. The van der Waals surface area contributed by atoms with Crippen molar-refractivity contribution in [2.24, 2.45) is 0 Å². The van der Waals surface area contributed by atoms with E-state index in [9.17, 15) is 9.59 Å². The number of carboxylic acids is 1. The molecule has 1 aromatic heterocycles. The van der Waals surface area contributed by atoms with E-state index in [1.807, 2.05) is 13.8 Å². The van der Waals surface area contributed by atoms with Crippen LogP contribution in [0.15, 0.2) is 12.1 Å². The lowest BCUT2D eigenvalue weighted by molar-refractivity contribution is 0.0702. The Kier molecular flexibility index (Phi) is 4.28. The fraction of sp³-hybridized carbons (Fsp3) is 0.500. The van der Waals surface area contributed by atoms with E-state index >= 15 is 0 Å². The van der Waals surface area contributed by atoms with Gasteiger partial charge in [-0.15, -0.1) is 11.3 Å². The van der Waals surface area contributed by atoms with Crippen molar-refractivity contribution in [3.05, 3.63) is 21.9 Å². The van der Waals surface area contributed by atoms with Crippen LogP contribution in [0.1, 0.15) is 53.0 Å². The Balaban J connectivity index is 2.73. The highest BCUT2D eigenvalue weighted by Gasteiger charge is 2.21. The number of thiophene rings is 1. The highest BCUT2D eigenvalue weighted by Crippen LogP contribution is 2.18. The number of rotatable bonds is 5. The maximum absolute atomic E-state index is 11.9. The number of carbonyl (C=O) groups is 2. The van der Waals surface area contributed by atoms with E-state index in [1.54, 1.807) is 6.07 Å². The summed E-state index contributed by atoms with van der Waals surface area (Å²) in [4.78, 5) is 23.2. The van der Waals surface area contributed by atoms with Gasteiger partial charge in [0.1, 0.15) is 4.88 Å². The number of carbonyl (C=O) groups excluding carboxylic acids is 1. The van der Waals surface area contributed by atoms with Crippen LogP contribution in [0.2, 0.25) is 0 Å². The van der Waals surface area contributed by atoms with Crippen molar-refractivity contribution >= 4 is 23.2 Å². The molecule has 0 saturated heterocycles. The highest BCUT2D eigenvalue weighted by atomic mass is 32.1. The third kappa shape index (κ3) is 3.85. The van der Waals surface area contributed by atoms with E-state index in [0.717, 1.165) is 24.2 Å². The second kappa shape index (κ2) is 5.31.